The molecule has 0 radical (unpaired) electrons. The van der Waals surface area contributed by atoms with E-state index in [0.717, 1.165) is 44.2 Å². The SMILES string of the molecule is CC(C)(OC(=O)C(CCl)C[SiH]1CCCCO1)[SiH]1CCCCO1. The van der Waals surface area contributed by atoms with E-state index in [9.17, 15) is 4.79 Å². The van der Waals surface area contributed by atoms with E-state index >= 15 is 0 Å². The average Bonchev–Trinajstić information content (AvgIpc) is 2.54. The van der Waals surface area contributed by atoms with Crippen LogP contribution in [0.4, 0.5) is 0 Å². The van der Waals surface area contributed by atoms with Gasteiger partial charge >= 0.3 is 5.97 Å². The third-order valence-electron chi connectivity index (χ3n) is 4.66. The molecule has 2 aliphatic rings. The van der Waals surface area contributed by atoms with Crippen molar-refractivity contribution in [3.63, 3.8) is 0 Å². The summed E-state index contributed by atoms with van der Waals surface area (Å²) in [5.41, 5.74) is 0. The summed E-state index contributed by atoms with van der Waals surface area (Å²) in [5, 5.41) is -0.448. The first kappa shape index (κ1) is 18.5. The van der Waals surface area contributed by atoms with Crippen LogP contribution in [0.3, 0.4) is 0 Å². The molecule has 0 aromatic heterocycles. The van der Waals surface area contributed by atoms with Gasteiger partial charge in [-0.25, -0.2) is 0 Å². The summed E-state index contributed by atoms with van der Waals surface area (Å²) in [6.45, 7) is 5.69. The monoisotopic (exact) mass is 364 g/mol. The highest BCUT2D eigenvalue weighted by Gasteiger charge is 2.39. The normalized spacial score (nSPS) is 28.1. The fourth-order valence-electron chi connectivity index (χ4n) is 3.23. The molecule has 3 atom stereocenters. The van der Waals surface area contributed by atoms with Crippen LogP contribution in [-0.2, 0) is 18.4 Å². The molecule has 2 aliphatic heterocycles. The van der Waals surface area contributed by atoms with Gasteiger partial charge in [-0.05, 0) is 44.8 Å². The second kappa shape index (κ2) is 8.82. The molecule has 0 spiro atoms. The average molecular weight is 365 g/mol. The summed E-state index contributed by atoms with van der Waals surface area (Å²) in [4.78, 5) is 12.5. The highest BCUT2D eigenvalue weighted by molar-refractivity contribution is 6.55. The molecular weight excluding hydrogens is 336 g/mol. The first-order valence-corrected chi connectivity index (χ1v) is 13.1. The minimum absolute atomic E-state index is 0.150. The lowest BCUT2D eigenvalue weighted by atomic mass is 10.2. The highest BCUT2D eigenvalue weighted by Crippen LogP contribution is 2.27. The fourth-order valence-corrected chi connectivity index (χ4v) is 9.09. The molecule has 2 fully saturated rings. The van der Waals surface area contributed by atoms with Crippen molar-refractivity contribution in [2.24, 2.45) is 5.92 Å². The van der Waals surface area contributed by atoms with E-state index < -0.39 is 23.3 Å². The zero-order valence-corrected chi connectivity index (χ0v) is 16.9. The summed E-state index contributed by atoms with van der Waals surface area (Å²) < 4.78 is 17.6. The van der Waals surface area contributed by atoms with Gasteiger partial charge in [0.15, 0.2) is 9.04 Å². The first-order valence-electron chi connectivity index (χ1n) is 8.55. The molecule has 7 heteroatoms. The number of hydrogen-bond donors (Lipinski definition) is 0. The molecule has 3 unspecified atom stereocenters. The number of hydrogen-bond acceptors (Lipinski definition) is 4. The van der Waals surface area contributed by atoms with Crippen molar-refractivity contribution in [1.82, 2.24) is 0 Å². The van der Waals surface area contributed by atoms with Gasteiger partial charge in [0.25, 0.3) is 0 Å². The Bertz CT molecular complexity index is 355. The molecule has 0 aromatic carbocycles. The summed E-state index contributed by atoms with van der Waals surface area (Å²) >= 11 is 6.04. The molecule has 4 nitrogen and oxygen atoms in total. The van der Waals surface area contributed by atoms with Crippen molar-refractivity contribution in [2.75, 3.05) is 19.1 Å². The maximum absolute atomic E-state index is 12.5. The number of carbonyl (C=O) groups is 1. The van der Waals surface area contributed by atoms with Gasteiger partial charge in [0, 0.05) is 19.1 Å². The third kappa shape index (κ3) is 5.33. The topological polar surface area (TPSA) is 44.8 Å². The first-order chi connectivity index (χ1) is 10.5. The minimum atomic E-state index is -1.49. The zero-order chi connectivity index (χ0) is 16.0. The Labute approximate surface area is 142 Å². The smallest absolute Gasteiger partial charge is 0.310 e. The van der Waals surface area contributed by atoms with Crippen molar-refractivity contribution in [3.05, 3.63) is 0 Å². The number of rotatable bonds is 6. The Hall–Kier alpha value is 0.114. The largest absolute Gasteiger partial charge is 0.461 e. The van der Waals surface area contributed by atoms with Crippen LogP contribution in [0.1, 0.15) is 39.5 Å². The second-order valence-electron chi connectivity index (χ2n) is 6.96. The van der Waals surface area contributed by atoms with Crippen molar-refractivity contribution in [1.29, 1.82) is 0 Å². The summed E-state index contributed by atoms with van der Waals surface area (Å²) in [6.07, 6.45) is 4.70. The Morgan fingerprint density at radius 1 is 1.18 bits per heavy atom. The van der Waals surface area contributed by atoms with E-state index in [2.05, 4.69) is 0 Å². The molecule has 128 valence electrons. The number of esters is 1. The summed E-state index contributed by atoms with van der Waals surface area (Å²) in [5.74, 6) is -0.0360. The second-order valence-corrected chi connectivity index (χ2v) is 13.2. The van der Waals surface area contributed by atoms with E-state index in [0.29, 0.717) is 5.88 Å². The lowest BCUT2D eigenvalue weighted by Crippen LogP contribution is -2.49. The standard InChI is InChI=1S/C15H29ClO4Si2/c1-15(2,22-10-6-4-8-19-22)20-14(17)13(11-16)12-21-9-5-3-7-18-21/h13,21-22H,3-12H2,1-2H3. The van der Waals surface area contributed by atoms with Crippen molar-refractivity contribution < 1.29 is 18.4 Å². The van der Waals surface area contributed by atoms with Crippen LogP contribution >= 0.6 is 11.6 Å². The number of ether oxygens (including phenoxy) is 1. The molecule has 0 bridgehead atoms. The van der Waals surface area contributed by atoms with Crippen LogP contribution in [0.5, 0.6) is 0 Å². The molecule has 2 saturated heterocycles. The maximum Gasteiger partial charge on any atom is 0.310 e. The molecule has 0 amide bonds. The molecule has 0 aromatic rings. The third-order valence-corrected chi connectivity index (χ3v) is 11.1. The molecule has 22 heavy (non-hydrogen) atoms. The number of carbonyl (C=O) groups excluding carboxylic acids is 1. The van der Waals surface area contributed by atoms with Crippen LogP contribution in [0.2, 0.25) is 18.1 Å². The van der Waals surface area contributed by atoms with Crippen LogP contribution < -0.4 is 0 Å². The lowest BCUT2D eigenvalue weighted by Gasteiger charge is -2.36. The van der Waals surface area contributed by atoms with Crippen LogP contribution in [0, 0.1) is 5.92 Å². The minimum Gasteiger partial charge on any atom is -0.461 e. The number of alkyl halides is 1. The zero-order valence-electron chi connectivity index (χ0n) is 13.8. The van der Waals surface area contributed by atoms with E-state index in [1.54, 1.807) is 0 Å². The van der Waals surface area contributed by atoms with Gasteiger partial charge in [-0.1, -0.05) is 12.8 Å². The van der Waals surface area contributed by atoms with Crippen LogP contribution in [0.25, 0.3) is 0 Å². The van der Waals surface area contributed by atoms with Crippen LogP contribution in [-0.4, -0.2) is 48.4 Å². The molecule has 0 saturated carbocycles. The molecular formula is C15H29ClO4Si2. The van der Waals surface area contributed by atoms with Gasteiger partial charge < -0.3 is 13.6 Å². The van der Waals surface area contributed by atoms with Gasteiger partial charge in [0.05, 0.1) is 5.92 Å². The molecule has 2 heterocycles. The molecule has 0 N–H and O–H groups in total. The highest BCUT2D eigenvalue weighted by atomic mass is 35.5. The predicted molar refractivity (Wildman–Crippen MR) is 93.5 cm³/mol. The van der Waals surface area contributed by atoms with E-state index in [-0.39, 0.29) is 11.9 Å². The Morgan fingerprint density at radius 2 is 1.86 bits per heavy atom. The molecule has 0 aliphatic carbocycles. The molecule has 2 rings (SSSR count). The van der Waals surface area contributed by atoms with E-state index in [1.165, 1.54) is 12.8 Å². The van der Waals surface area contributed by atoms with E-state index in [1.807, 2.05) is 13.8 Å². The van der Waals surface area contributed by atoms with Gasteiger partial charge in [0.2, 0.25) is 9.04 Å². The van der Waals surface area contributed by atoms with Crippen molar-refractivity contribution in [2.45, 2.75) is 62.9 Å². The Kier molecular flexibility index (Phi) is 7.40. The van der Waals surface area contributed by atoms with Crippen molar-refractivity contribution >= 4 is 35.7 Å². The van der Waals surface area contributed by atoms with Gasteiger partial charge in [-0.3, -0.25) is 4.79 Å². The van der Waals surface area contributed by atoms with Crippen LogP contribution in [0.15, 0.2) is 0 Å². The Balaban J connectivity index is 1.86. The number of halogens is 1. The summed E-state index contributed by atoms with van der Waals surface area (Å²) in [7, 11) is -2.76. The lowest BCUT2D eigenvalue weighted by molar-refractivity contribution is -0.155. The predicted octanol–water partition coefficient (Wildman–Crippen LogP) is 2.77. The fraction of sp³-hybridized carbons (Fsp3) is 0.933. The summed E-state index contributed by atoms with van der Waals surface area (Å²) in [6, 6.07) is 3.06. The quantitative estimate of drug-likeness (QED) is 0.413. The van der Waals surface area contributed by atoms with Crippen molar-refractivity contribution in [3.8, 4) is 0 Å². The maximum atomic E-state index is 12.5. The van der Waals surface area contributed by atoms with Gasteiger partial charge in [-0.15, -0.1) is 11.6 Å². The van der Waals surface area contributed by atoms with Gasteiger partial charge in [0.1, 0.15) is 5.22 Å². The van der Waals surface area contributed by atoms with E-state index in [4.69, 9.17) is 25.2 Å². The van der Waals surface area contributed by atoms with Gasteiger partial charge in [-0.2, -0.15) is 0 Å². The Morgan fingerprint density at radius 3 is 2.41 bits per heavy atom.